The lowest BCUT2D eigenvalue weighted by Crippen LogP contribution is -1.81. The van der Waals surface area contributed by atoms with E-state index in [1.165, 1.54) is 11.9 Å². The molecule has 0 spiro atoms. The lowest BCUT2D eigenvalue weighted by Gasteiger charge is -1.97. The van der Waals surface area contributed by atoms with E-state index in [9.17, 15) is 0 Å². The van der Waals surface area contributed by atoms with Crippen molar-refractivity contribution in [2.24, 2.45) is 0 Å². The number of nitrogens with zero attached hydrogens (tertiary/aromatic N) is 2. The van der Waals surface area contributed by atoms with Gasteiger partial charge in [0.15, 0.2) is 6.33 Å². The van der Waals surface area contributed by atoms with Gasteiger partial charge in [0.25, 0.3) is 5.89 Å². The van der Waals surface area contributed by atoms with Crippen molar-refractivity contribution in [1.82, 2.24) is 10.1 Å². The molecule has 0 atom stereocenters. The largest absolute Gasteiger partial charge is 0.334 e. The summed E-state index contributed by atoms with van der Waals surface area (Å²) in [5, 5.41) is 3.56. The number of hydrogen-bond acceptors (Lipinski definition) is 3. The maximum Gasteiger partial charge on any atom is 0.257 e. The van der Waals surface area contributed by atoms with Crippen molar-refractivity contribution in [2.75, 3.05) is 0 Å². The Labute approximate surface area is 82.1 Å². The van der Waals surface area contributed by atoms with Crippen LogP contribution in [0.3, 0.4) is 0 Å². The summed E-state index contributed by atoms with van der Waals surface area (Å²) in [5.74, 6) is 0.551. The highest BCUT2D eigenvalue weighted by atomic mass is 16.5. The number of aromatic nitrogens is 2. The summed E-state index contributed by atoms with van der Waals surface area (Å²) in [6.45, 7) is 3.69. The van der Waals surface area contributed by atoms with E-state index in [0.29, 0.717) is 5.89 Å². The Morgan fingerprint density at radius 3 is 2.64 bits per heavy atom. The third-order valence-electron chi connectivity index (χ3n) is 1.94. The van der Waals surface area contributed by atoms with Gasteiger partial charge < -0.3 is 4.52 Å². The lowest BCUT2D eigenvalue weighted by molar-refractivity contribution is 0.430. The van der Waals surface area contributed by atoms with Crippen molar-refractivity contribution in [3.8, 4) is 11.5 Å². The summed E-state index contributed by atoms with van der Waals surface area (Å²) < 4.78 is 4.94. The molecule has 1 aromatic heterocycles. The number of hydrogen-bond donors (Lipinski definition) is 0. The van der Waals surface area contributed by atoms with E-state index < -0.39 is 0 Å². The summed E-state index contributed by atoms with van der Waals surface area (Å²) in [4.78, 5) is 3.96. The van der Waals surface area contributed by atoms with Crippen LogP contribution in [0.15, 0.2) is 47.8 Å². The molecule has 2 aromatic rings. The van der Waals surface area contributed by atoms with E-state index in [1.807, 2.05) is 30.3 Å². The van der Waals surface area contributed by atoms with Crippen LogP contribution < -0.4 is 0 Å². The fourth-order valence-electron chi connectivity index (χ4n) is 1.25. The molecule has 0 saturated carbocycles. The van der Waals surface area contributed by atoms with Gasteiger partial charge in [0.2, 0.25) is 0 Å². The standard InChI is InChI=1S/C11H10N2O/c1-2-3-9-4-6-10(7-5-9)11-12-8-13-14-11/h2,4-8H,1,3H2. The molecule has 14 heavy (non-hydrogen) atoms. The van der Waals surface area contributed by atoms with Crippen LogP contribution in [0.1, 0.15) is 5.56 Å². The van der Waals surface area contributed by atoms with E-state index in [4.69, 9.17) is 4.52 Å². The van der Waals surface area contributed by atoms with Crippen LogP contribution >= 0.6 is 0 Å². The summed E-state index contributed by atoms with van der Waals surface area (Å²) >= 11 is 0. The summed E-state index contributed by atoms with van der Waals surface area (Å²) in [5.41, 5.74) is 2.17. The summed E-state index contributed by atoms with van der Waals surface area (Å²) in [6, 6.07) is 7.99. The van der Waals surface area contributed by atoms with Crippen LogP contribution in [-0.2, 0) is 6.42 Å². The van der Waals surface area contributed by atoms with Gasteiger partial charge in [-0.05, 0) is 24.1 Å². The van der Waals surface area contributed by atoms with Crippen molar-refractivity contribution < 1.29 is 4.52 Å². The normalized spacial score (nSPS) is 10.0. The van der Waals surface area contributed by atoms with Gasteiger partial charge in [-0.25, -0.2) is 0 Å². The molecule has 0 N–H and O–H groups in total. The SMILES string of the molecule is C=CCc1ccc(-c2ncno2)cc1. The Kier molecular flexibility index (Phi) is 2.40. The zero-order valence-corrected chi connectivity index (χ0v) is 7.68. The van der Waals surface area contributed by atoms with Crippen LogP contribution in [0.4, 0.5) is 0 Å². The van der Waals surface area contributed by atoms with Crippen LogP contribution in [0.5, 0.6) is 0 Å². The van der Waals surface area contributed by atoms with Gasteiger partial charge >= 0.3 is 0 Å². The minimum absolute atomic E-state index is 0.551. The average Bonchev–Trinajstić information content (AvgIpc) is 2.72. The van der Waals surface area contributed by atoms with Gasteiger partial charge in [0, 0.05) is 5.56 Å². The summed E-state index contributed by atoms with van der Waals surface area (Å²) in [6.07, 6.45) is 4.15. The van der Waals surface area contributed by atoms with E-state index in [2.05, 4.69) is 16.7 Å². The average molecular weight is 186 g/mol. The first kappa shape index (κ1) is 8.69. The van der Waals surface area contributed by atoms with Crippen molar-refractivity contribution in [3.63, 3.8) is 0 Å². The lowest BCUT2D eigenvalue weighted by atomic mass is 10.1. The Balaban J connectivity index is 2.26. The van der Waals surface area contributed by atoms with Crippen LogP contribution in [0.25, 0.3) is 11.5 Å². The fourth-order valence-corrected chi connectivity index (χ4v) is 1.25. The smallest absolute Gasteiger partial charge is 0.257 e. The van der Waals surface area contributed by atoms with Crippen molar-refractivity contribution >= 4 is 0 Å². The summed E-state index contributed by atoms with van der Waals surface area (Å²) in [7, 11) is 0. The molecule has 1 heterocycles. The van der Waals surface area contributed by atoms with E-state index in [0.717, 1.165) is 12.0 Å². The van der Waals surface area contributed by atoms with E-state index in [1.54, 1.807) is 0 Å². The van der Waals surface area contributed by atoms with Crippen molar-refractivity contribution in [1.29, 1.82) is 0 Å². The Morgan fingerprint density at radius 1 is 1.29 bits per heavy atom. The van der Waals surface area contributed by atoms with Crippen LogP contribution in [0.2, 0.25) is 0 Å². The molecule has 0 saturated heterocycles. The molecule has 0 bridgehead atoms. The highest BCUT2D eigenvalue weighted by molar-refractivity contribution is 5.52. The molecule has 1 aromatic carbocycles. The van der Waals surface area contributed by atoms with Gasteiger partial charge in [-0.15, -0.1) is 6.58 Å². The maximum absolute atomic E-state index is 4.94. The third kappa shape index (κ3) is 1.71. The number of benzene rings is 1. The molecule has 0 radical (unpaired) electrons. The highest BCUT2D eigenvalue weighted by Crippen LogP contribution is 2.16. The predicted octanol–water partition coefficient (Wildman–Crippen LogP) is 2.47. The molecule has 0 amide bonds. The Hall–Kier alpha value is -1.90. The molecule has 3 heteroatoms. The number of rotatable bonds is 3. The molecular formula is C11H10N2O. The van der Waals surface area contributed by atoms with Gasteiger partial charge in [-0.1, -0.05) is 23.4 Å². The topological polar surface area (TPSA) is 38.9 Å². The van der Waals surface area contributed by atoms with Crippen molar-refractivity contribution in [2.45, 2.75) is 6.42 Å². The Bertz CT molecular complexity index is 403. The maximum atomic E-state index is 4.94. The molecule has 0 aliphatic rings. The second-order valence-corrected chi connectivity index (χ2v) is 2.94. The minimum atomic E-state index is 0.551. The predicted molar refractivity (Wildman–Crippen MR) is 53.6 cm³/mol. The first-order valence-corrected chi connectivity index (χ1v) is 4.37. The van der Waals surface area contributed by atoms with Crippen molar-refractivity contribution in [3.05, 3.63) is 48.8 Å². The first-order chi connectivity index (χ1) is 6.90. The molecule has 0 aliphatic carbocycles. The highest BCUT2D eigenvalue weighted by Gasteiger charge is 2.01. The zero-order chi connectivity index (χ0) is 9.80. The van der Waals surface area contributed by atoms with Gasteiger partial charge in [0.05, 0.1) is 0 Å². The Morgan fingerprint density at radius 2 is 2.07 bits per heavy atom. The van der Waals surface area contributed by atoms with Gasteiger partial charge in [-0.2, -0.15) is 4.98 Å². The zero-order valence-electron chi connectivity index (χ0n) is 7.68. The molecule has 70 valence electrons. The second-order valence-electron chi connectivity index (χ2n) is 2.94. The quantitative estimate of drug-likeness (QED) is 0.691. The minimum Gasteiger partial charge on any atom is -0.334 e. The van der Waals surface area contributed by atoms with Crippen LogP contribution in [0, 0.1) is 0 Å². The molecule has 3 nitrogen and oxygen atoms in total. The molecule has 0 fully saturated rings. The second kappa shape index (κ2) is 3.87. The number of allylic oxidation sites excluding steroid dienone is 1. The van der Waals surface area contributed by atoms with Crippen LogP contribution in [-0.4, -0.2) is 10.1 Å². The third-order valence-corrected chi connectivity index (χ3v) is 1.94. The molecule has 0 unspecified atom stereocenters. The molecule has 0 aliphatic heterocycles. The fraction of sp³-hybridized carbons (Fsp3) is 0.0909. The molecular weight excluding hydrogens is 176 g/mol. The molecule has 2 rings (SSSR count). The first-order valence-electron chi connectivity index (χ1n) is 4.37. The van der Waals surface area contributed by atoms with Gasteiger partial charge in [-0.3, -0.25) is 0 Å². The monoisotopic (exact) mass is 186 g/mol. The van der Waals surface area contributed by atoms with Gasteiger partial charge in [0.1, 0.15) is 0 Å². The van der Waals surface area contributed by atoms with E-state index in [-0.39, 0.29) is 0 Å². The van der Waals surface area contributed by atoms with E-state index >= 15 is 0 Å².